The molecule has 2 N–H and O–H groups in total. The molecule has 3 aromatic rings. The van der Waals surface area contributed by atoms with Crippen molar-refractivity contribution in [1.82, 2.24) is 9.97 Å². The molecule has 1 aliphatic rings. The molecule has 0 spiro atoms. The monoisotopic (exact) mass is 461 g/mol. The molecule has 9 heteroatoms. The highest BCUT2D eigenvalue weighted by atomic mass is 16.5. The number of aryl methyl sites for hydroxylation is 1. The van der Waals surface area contributed by atoms with Crippen LogP contribution in [0.3, 0.4) is 0 Å². The number of methoxy groups -OCH3 is 1. The minimum atomic E-state index is -0.994. The molecule has 0 fully saturated rings. The number of aliphatic hydroxyl groups excluding tert-OH is 1. The molecule has 1 aromatic heterocycles. The van der Waals surface area contributed by atoms with Gasteiger partial charge >= 0.3 is 5.97 Å². The van der Waals surface area contributed by atoms with Gasteiger partial charge in [-0.1, -0.05) is 42.5 Å². The number of Topliss-reactive ketones (excluding diaryl/α,β-unsaturated/α-hetero) is 1. The third-order valence-corrected chi connectivity index (χ3v) is 5.50. The molecule has 0 saturated carbocycles. The first kappa shape index (κ1) is 22.8. The van der Waals surface area contributed by atoms with E-state index in [4.69, 9.17) is 9.47 Å². The number of hydrogen-bond donors (Lipinski definition) is 2. The highest BCUT2D eigenvalue weighted by Gasteiger charge is 2.46. The Kier molecular flexibility index (Phi) is 6.18. The second-order valence-electron chi connectivity index (χ2n) is 7.55. The largest absolute Gasteiger partial charge is 0.503 e. The quantitative estimate of drug-likeness (QED) is 0.406. The number of imidazole rings is 1. The number of ketones is 1. The molecule has 174 valence electrons. The molecule has 1 atom stereocenters. The number of hydrogen-bond acceptors (Lipinski definition) is 7. The van der Waals surface area contributed by atoms with E-state index in [0.717, 1.165) is 0 Å². The van der Waals surface area contributed by atoms with E-state index in [1.54, 1.807) is 68.4 Å². The fourth-order valence-electron chi connectivity index (χ4n) is 3.86. The van der Waals surface area contributed by atoms with E-state index >= 15 is 0 Å². The van der Waals surface area contributed by atoms with Crippen LogP contribution in [0.2, 0.25) is 0 Å². The van der Waals surface area contributed by atoms with E-state index in [1.807, 2.05) is 0 Å². The second kappa shape index (κ2) is 9.22. The van der Waals surface area contributed by atoms with Crippen molar-refractivity contribution in [3.8, 4) is 5.75 Å². The predicted octanol–water partition coefficient (Wildman–Crippen LogP) is 3.69. The van der Waals surface area contributed by atoms with Crippen LogP contribution < -0.4 is 9.64 Å². The Hall–Kier alpha value is -4.40. The van der Waals surface area contributed by atoms with E-state index in [0.29, 0.717) is 22.6 Å². The molecule has 0 bridgehead atoms. The summed E-state index contributed by atoms with van der Waals surface area (Å²) in [6.07, 6.45) is 0. The number of nitrogens with zero attached hydrogens (tertiary/aromatic N) is 2. The topological polar surface area (TPSA) is 122 Å². The van der Waals surface area contributed by atoms with Gasteiger partial charge in [-0.3, -0.25) is 14.5 Å². The van der Waals surface area contributed by atoms with Gasteiger partial charge in [-0.15, -0.1) is 0 Å². The molecule has 0 aliphatic carbocycles. The van der Waals surface area contributed by atoms with Gasteiger partial charge in [-0.2, -0.15) is 0 Å². The van der Waals surface area contributed by atoms with Gasteiger partial charge in [0.1, 0.15) is 11.4 Å². The Labute approximate surface area is 195 Å². The molecular formula is C25H23N3O6. The Balaban J connectivity index is 1.85. The highest BCUT2D eigenvalue weighted by molar-refractivity contribution is 6.20. The van der Waals surface area contributed by atoms with Crippen molar-refractivity contribution >= 4 is 23.6 Å². The number of ether oxygens (including phenoxy) is 2. The minimum Gasteiger partial charge on any atom is -0.503 e. The number of anilines is 1. The SMILES string of the molecule is CCOC(=O)c1[nH]c(N2C(=O)C(O)=C(C(=O)c3ccccc3)C2c2ccc(OC)cc2)nc1C. The van der Waals surface area contributed by atoms with E-state index < -0.39 is 29.5 Å². The average Bonchev–Trinajstić information content (AvgIpc) is 3.36. The molecule has 34 heavy (non-hydrogen) atoms. The summed E-state index contributed by atoms with van der Waals surface area (Å²) in [4.78, 5) is 47.3. The number of rotatable bonds is 7. The van der Waals surface area contributed by atoms with Gasteiger partial charge in [-0.05, 0) is 31.5 Å². The maximum atomic E-state index is 13.4. The third kappa shape index (κ3) is 3.92. The van der Waals surface area contributed by atoms with Crippen molar-refractivity contribution in [2.24, 2.45) is 0 Å². The minimum absolute atomic E-state index is 0.00813. The van der Waals surface area contributed by atoms with Crippen molar-refractivity contribution in [1.29, 1.82) is 0 Å². The average molecular weight is 461 g/mol. The summed E-state index contributed by atoms with van der Waals surface area (Å²) in [6.45, 7) is 3.44. The molecule has 2 heterocycles. The van der Waals surface area contributed by atoms with Crippen molar-refractivity contribution in [3.63, 3.8) is 0 Å². The fraction of sp³-hybridized carbons (Fsp3) is 0.200. The molecule has 1 amide bonds. The highest BCUT2D eigenvalue weighted by Crippen LogP contribution is 2.41. The summed E-state index contributed by atoms with van der Waals surface area (Å²) in [5, 5.41) is 10.8. The number of amides is 1. The number of nitrogens with one attached hydrogen (secondary N) is 1. The summed E-state index contributed by atoms with van der Waals surface area (Å²) >= 11 is 0. The Bertz CT molecular complexity index is 1280. The second-order valence-corrected chi connectivity index (χ2v) is 7.55. The summed E-state index contributed by atoms with van der Waals surface area (Å²) in [5.41, 5.74) is 1.18. The van der Waals surface area contributed by atoms with Crippen LogP contribution in [0.25, 0.3) is 0 Å². The summed E-state index contributed by atoms with van der Waals surface area (Å²) in [5.74, 6) is -2.02. The van der Waals surface area contributed by atoms with Crippen molar-refractivity contribution in [2.75, 3.05) is 18.6 Å². The first-order valence-corrected chi connectivity index (χ1v) is 10.6. The van der Waals surface area contributed by atoms with Gasteiger partial charge in [0.05, 0.1) is 31.0 Å². The normalized spacial score (nSPS) is 15.6. The smallest absolute Gasteiger partial charge is 0.356 e. The summed E-state index contributed by atoms with van der Waals surface area (Å²) < 4.78 is 10.3. The summed E-state index contributed by atoms with van der Waals surface area (Å²) in [6, 6.07) is 14.2. The fourth-order valence-corrected chi connectivity index (χ4v) is 3.86. The molecule has 9 nitrogen and oxygen atoms in total. The number of carbonyl (C=O) groups excluding carboxylic acids is 3. The molecule has 0 saturated heterocycles. The first-order chi connectivity index (χ1) is 16.4. The van der Waals surface area contributed by atoms with Crippen LogP contribution in [0, 0.1) is 6.92 Å². The van der Waals surface area contributed by atoms with E-state index in [9.17, 15) is 19.5 Å². The lowest BCUT2D eigenvalue weighted by atomic mass is 9.93. The maximum Gasteiger partial charge on any atom is 0.356 e. The lowest BCUT2D eigenvalue weighted by molar-refractivity contribution is -0.117. The lowest BCUT2D eigenvalue weighted by Crippen LogP contribution is -2.32. The van der Waals surface area contributed by atoms with Crippen LogP contribution in [0.4, 0.5) is 5.95 Å². The van der Waals surface area contributed by atoms with Crippen molar-refractivity contribution in [2.45, 2.75) is 19.9 Å². The predicted molar refractivity (Wildman–Crippen MR) is 123 cm³/mol. The van der Waals surface area contributed by atoms with Gasteiger partial charge in [-0.25, -0.2) is 9.78 Å². The van der Waals surface area contributed by atoms with E-state index in [2.05, 4.69) is 9.97 Å². The number of benzene rings is 2. The van der Waals surface area contributed by atoms with Gasteiger partial charge in [0, 0.05) is 5.56 Å². The van der Waals surface area contributed by atoms with Gasteiger partial charge in [0.2, 0.25) is 5.95 Å². The molecule has 2 aromatic carbocycles. The van der Waals surface area contributed by atoms with E-state index in [1.165, 1.54) is 12.0 Å². The zero-order valence-corrected chi connectivity index (χ0v) is 18.9. The first-order valence-electron chi connectivity index (χ1n) is 10.6. The molecule has 1 aliphatic heterocycles. The van der Waals surface area contributed by atoms with Crippen LogP contribution in [0.5, 0.6) is 5.75 Å². The summed E-state index contributed by atoms with van der Waals surface area (Å²) in [7, 11) is 1.53. The number of H-pyrrole nitrogens is 1. The van der Waals surface area contributed by atoms with Crippen molar-refractivity contribution < 1.29 is 29.0 Å². The zero-order chi connectivity index (χ0) is 24.4. The Morgan fingerprint density at radius 2 is 1.79 bits per heavy atom. The number of aromatic amines is 1. The maximum absolute atomic E-state index is 13.4. The number of carbonyl (C=O) groups is 3. The van der Waals surface area contributed by atoms with Crippen molar-refractivity contribution in [3.05, 3.63) is 88.4 Å². The van der Waals surface area contributed by atoms with Gasteiger partial charge < -0.3 is 19.6 Å². The Morgan fingerprint density at radius 3 is 2.41 bits per heavy atom. The van der Waals surface area contributed by atoms with Gasteiger partial charge in [0.25, 0.3) is 5.91 Å². The molecule has 0 radical (unpaired) electrons. The molecular weight excluding hydrogens is 438 g/mol. The molecule has 4 rings (SSSR count). The van der Waals surface area contributed by atoms with Crippen LogP contribution in [0.15, 0.2) is 65.9 Å². The zero-order valence-electron chi connectivity index (χ0n) is 18.9. The van der Waals surface area contributed by atoms with Crippen LogP contribution in [-0.2, 0) is 9.53 Å². The number of aromatic nitrogens is 2. The van der Waals surface area contributed by atoms with Crippen LogP contribution >= 0.6 is 0 Å². The molecule has 1 unspecified atom stereocenters. The third-order valence-electron chi connectivity index (χ3n) is 5.50. The van der Waals surface area contributed by atoms with Crippen LogP contribution in [0.1, 0.15) is 45.1 Å². The van der Waals surface area contributed by atoms with Crippen LogP contribution in [-0.4, -0.2) is 46.5 Å². The Morgan fingerprint density at radius 1 is 1.12 bits per heavy atom. The van der Waals surface area contributed by atoms with E-state index in [-0.39, 0.29) is 23.8 Å². The number of esters is 1. The standard InChI is InChI=1S/C25H23N3O6/c1-4-34-24(32)19-14(2)26-25(27-19)28-20(15-10-12-17(33-3)13-11-15)18(22(30)23(28)31)21(29)16-8-6-5-7-9-16/h5-13,20,30H,4H2,1-3H3,(H,26,27). The van der Waals surface area contributed by atoms with Gasteiger partial charge in [0.15, 0.2) is 11.5 Å². The number of aliphatic hydroxyl groups is 1. The lowest BCUT2D eigenvalue weighted by Gasteiger charge is -2.24.